The summed E-state index contributed by atoms with van der Waals surface area (Å²) in [4.78, 5) is 12.7. The molecule has 2 aromatic heterocycles. The molecular formula is C23H23N5O4S. The van der Waals surface area contributed by atoms with E-state index in [1.165, 1.54) is 11.8 Å². The Hall–Kier alpha value is -3.92. The maximum atomic E-state index is 12.7. The lowest BCUT2D eigenvalue weighted by Crippen LogP contribution is -2.16. The van der Waals surface area contributed by atoms with E-state index < -0.39 is 0 Å². The predicted octanol–water partition coefficient (Wildman–Crippen LogP) is 3.81. The van der Waals surface area contributed by atoms with Crippen LogP contribution in [0, 0.1) is 0 Å². The number of rotatable bonds is 9. The molecule has 0 aliphatic carbocycles. The summed E-state index contributed by atoms with van der Waals surface area (Å²) < 4.78 is 19.6. The van der Waals surface area contributed by atoms with Crippen molar-refractivity contribution in [2.75, 3.05) is 32.4 Å². The number of methoxy groups -OCH3 is 3. The Labute approximate surface area is 195 Å². The van der Waals surface area contributed by atoms with Crippen molar-refractivity contribution in [2.45, 2.75) is 5.16 Å². The van der Waals surface area contributed by atoms with Crippen molar-refractivity contribution in [2.24, 2.45) is 0 Å². The third kappa shape index (κ3) is 4.96. The lowest BCUT2D eigenvalue weighted by molar-refractivity contribution is -0.113. The summed E-state index contributed by atoms with van der Waals surface area (Å²) in [6.45, 7) is 0. The van der Waals surface area contributed by atoms with Gasteiger partial charge in [0.15, 0.2) is 5.82 Å². The predicted molar refractivity (Wildman–Crippen MR) is 126 cm³/mol. The van der Waals surface area contributed by atoms with E-state index in [9.17, 15) is 4.79 Å². The molecule has 170 valence electrons. The minimum atomic E-state index is -0.201. The summed E-state index contributed by atoms with van der Waals surface area (Å²) in [7, 11) is 4.73. The standard InChI is InChI=1S/C23H23N5O4S/c1-30-17-8-6-7-16(13-17)22-25-26-23(28(22)27-11-4-5-12-27)33-15-21(29)24-19-10-9-18(31-2)14-20(19)32-3/h4-14H,15H2,1-3H3,(H,24,29). The number of carbonyl (C=O) groups excluding carboxylic acids is 1. The SMILES string of the molecule is COc1cccc(-c2nnc(SCC(=O)Nc3ccc(OC)cc3OC)n2-n2cccc2)c1. The molecule has 2 heterocycles. The van der Waals surface area contributed by atoms with Gasteiger partial charge in [-0.3, -0.25) is 9.47 Å². The monoisotopic (exact) mass is 465 g/mol. The number of hydrogen-bond acceptors (Lipinski definition) is 7. The maximum absolute atomic E-state index is 12.7. The largest absolute Gasteiger partial charge is 0.497 e. The average molecular weight is 466 g/mol. The number of nitrogens with one attached hydrogen (secondary N) is 1. The molecule has 0 bridgehead atoms. The molecule has 0 radical (unpaired) electrons. The molecular weight excluding hydrogens is 442 g/mol. The molecule has 0 aliphatic heterocycles. The Morgan fingerprint density at radius 2 is 1.70 bits per heavy atom. The highest BCUT2D eigenvalue weighted by Crippen LogP contribution is 2.30. The molecule has 0 atom stereocenters. The molecule has 0 saturated heterocycles. The number of ether oxygens (including phenoxy) is 3. The summed E-state index contributed by atoms with van der Waals surface area (Å²) >= 11 is 1.28. The van der Waals surface area contributed by atoms with Gasteiger partial charge in [0.25, 0.3) is 0 Å². The first kappa shape index (κ1) is 22.3. The Morgan fingerprint density at radius 1 is 0.939 bits per heavy atom. The number of thioether (sulfide) groups is 1. The van der Waals surface area contributed by atoms with Crippen LogP contribution in [0.3, 0.4) is 0 Å². The van der Waals surface area contributed by atoms with Crippen molar-refractivity contribution >= 4 is 23.4 Å². The van der Waals surface area contributed by atoms with Crippen LogP contribution in [0.1, 0.15) is 0 Å². The Balaban J connectivity index is 1.55. The molecule has 0 spiro atoms. The smallest absolute Gasteiger partial charge is 0.234 e. The molecule has 9 nitrogen and oxygen atoms in total. The van der Waals surface area contributed by atoms with Crippen LogP contribution in [0.5, 0.6) is 17.2 Å². The minimum absolute atomic E-state index is 0.132. The van der Waals surface area contributed by atoms with Gasteiger partial charge in [-0.2, -0.15) is 0 Å². The van der Waals surface area contributed by atoms with Crippen molar-refractivity contribution in [3.05, 3.63) is 67.0 Å². The van der Waals surface area contributed by atoms with Crippen molar-refractivity contribution < 1.29 is 19.0 Å². The number of hydrogen-bond donors (Lipinski definition) is 1. The molecule has 4 aromatic rings. The number of amides is 1. The summed E-state index contributed by atoms with van der Waals surface area (Å²) in [6.07, 6.45) is 3.78. The first-order valence-corrected chi connectivity index (χ1v) is 11.0. The fourth-order valence-electron chi connectivity index (χ4n) is 3.18. The second-order valence-corrected chi connectivity index (χ2v) is 7.76. The van der Waals surface area contributed by atoms with Crippen LogP contribution in [0.2, 0.25) is 0 Å². The molecule has 2 aromatic carbocycles. The fourth-order valence-corrected chi connectivity index (χ4v) is 3.92. The van der Waals surface area contributed by atoms with Gasteiger partial charge in [-0.25, -0.2) is 4.68 Å². The zero-order chi connectivity index (χ0) is 23.2. The molecule has 33 heavy (non-hydrogen) atoms. The molecule has 1 N–H and O–H groups in total. The molecule has 0 fully saturated rings. The van der Waals surface area contributed by atoms with Gasteiger partial charge in [0.05, 0.1) is 32.8 Å². The van der Waals surface area contributed by atoms with Gasteiger partial charge in [-0.1, -0.05) is 23.9 Å². The second kappa shape index (κ2) is 10.1. The number of aromatic nitrogens is 4. The lowest BCUT2D eigenvalue weighted by atomic mass is 10.2. The van der Waals surface area contributed by atoms with Gasteiger partial charge in [0, 0.05) is 24.0 Å². The van der Waals surface area contributed by atoms with Crippen LogP contribution >= 0.6 is 11.8 Å². The Kier molecular flexibility index (Phi) is 6.84. The van der Waals surface area contributed by atoms with E-state index in [0.717, 1.165) is 11.3 Å². The van der Waals surface area contributed by atoms with Crippen molar-refractivity contribution in [3.63, 3.8) is 0 Å². The van der Waals surface area contributed by atoms with Crippen LogP contribution in [0.15, 0.2) is 72.1 Å². The van der Waals surface area contributed by atoms with E-state index >= 15 is 0 Å². The summed E-state index contributed by atoms with van der Waals surface area (Å²) in [5.41, 5.74) is 1.41. The lowest BCUT2D eigenvalue weighted by Gasteiger charge is -2.13. The van der Waals surface area contributed by atoms with E-state index in [-0.39, 0.29) is 11.7 Å². The molecule has 4 rings (SSSR count). The van der Waals surface area contributed by atoms with E-state index in [2.05, 4.69) is 15.5 Å². The first-order chi connectivity index (χ1) is 16.1. The van der Waals surface area contributed by atoms with Gasteiger partial charge in [0.2, 0.25) is 11.1 Å². The normalized spacial score (nSPS) is 10.6. The number of nitrogens with zero attached hydrogens (tertiary/aromatic N) is 4. The molecule has 10 heteroatoms. The van der Waals surface area contributed by atoms with Crippen LogP contribution in [0.4, 0.5) is 5.69 Å². The van der Waals surface area contributed by atoms with Crippen LogP contribution in [-0.2, 0) is 4.79 Å². The highest BCUT2D eigenvalue weighted by atomic mass is 32.2. The van der Waals surface area contributed by atoms with Gasteiger partial charge in [0.1, 0.15) is 17.2 Å². The van der Waals surface area contributed by atoms with E-state index in [0.29, 0.717) is 28.2 Å². The van der Waals surface area contributed by atoms with Crippen LogP contribution in [0.25, 0.3) is 11.4 Å². The van der Waals surface area contributed by atoms with Crippen LogP contribution < -0.4 is 19.5 Å². The third-order valence-electron chi connectivity index (χ3n) is 4.77. The van der Waals surface area contributed by atoms with Crippen molar-refractivity contribution in [1.82, 2.24) is 19.5 Å². The summed E-state index contributed by atoms with van der Waals surface area (Å²) in [5, 5.41) is 12.1. The Bertz CT molecular complexity index is 1240. The molecule has 1 amide bonds. The number of benzene rings is 2. The highest BCUT2D eigenvalue weighted by Gasteiger charge is 2.18. The van der Waals surface area contributed by atoms with Crippen molar-refractivity contribution in [3.8, 4) is 28.6 Å². The van der Waals surface area contributed by atoms with E-state index in [1.54, 1.807) is 39.5 Å². The van der Waals surface area contributed by atoms with Gasteiger partial charge < -0.3 is 19.5 Å². The maximum Gasteiger partial charge on any atom is 0.234 e. The zero-order valence-electron chi connectivity index (χ0n) is 18.4. The minimum Gasteiger partial charge on any atom is -0.497 e. The topological polar surface area (TPSA) is 92.4 Å². The van der Waals surface area contributed by atoms with Gasteiger partial charge >= 0.3 is 0 Å². The van der Waals surface area contributed by atoms with Gasteiger partial charge in [-0.15, -0.1) is 10.2 Å². The summed E-state index contributed by atoms with van der Waals surface area (Å²) in [6, 6.07) is 16.6. The summed E-state index contributed by atoms with van der Waals surface area (Å²) in [5.74, 6) is 2.44. The quantitative estimate of drug-likeness (QED) is 0.376. The molecule has 0 unspecified atom stereocenters. The number of carbonyl (C=O) groups is 1. The second-order valence-electron chi connectivity index (χ2n) is 6.82. The van der Waals surface area contributed by atoms with E-state index in [1.807, 2.05) is 58.1 Å². The average Bonchev–Trinajstić information content (AvgIpc) is 3.52. The first-order valence-electron chi connectivity index (χ1n) is 10.0. The highest BCUT2D eigenvalue weighted by molar-refractivity contribution is 7.99. The molecule has 0 aliphatic rings. The van der Waals surface area contributed by atoms with E-state index in [4.69, 9.17) is 14.2 Å². The molecule has 0 saturated carbocycles. The number of anilines is 1. The fraction of sp³-hybridized carbons (Fsp3) is 0.174. The van der Waals surface area contributed by atoms with Crippen LogP contribution in [-0.4, -0.2) is 52.5 Å². The zero-order valence-corrected chi connectivity index (χ0v) is 19.2. The van der Waals surface area contributed by atoms with Crippen molar-refractivity contribution in [1.29, 1.82) is 0 Å². The Morgan fingerprint density at radius 3 is 2.42 bits per heavy atom. The third-order valence-corrected chi connectivity index (χ3v) is 5.69. The van der Waals surface area contributed by atoms with Gasteiger partial charge in [-0.05, 0) is 36.4 Å².